The van der Waals surface area contributed by atoms with Gasteiger partial charge in [-0.2, -0.15) is 5.10 Å². The van der Waals surface area contributed by atoms with Crippen molar-refractivity contribution in [1.29, 1.82) is 0 Å². The summed E-state index contributed by atoms with van der Waals surface area (Å²) in [6.45, 7) is 6.36. The molecule has 4 heterocycles. The SMILES string of the molecule is c1ccc2[nH]c(C[C@H]3CCCN(Cc4cc5n(n4)CCCNC5)C3)nc2c1. The number of nitrogens with one attached hydrogen (secondary N) is 2. The van der Waals surface area contributed by atoms with E-state index in [1.165, 1.54) is 30.8 Å². The maximum atomic E-state index is 4.86. The van der Waals surface area contributed by atoms with Crippen LogP contribution in [0.3, 0.4) is 0 Å². The van der Waals surface area contributed by atoms with Crippen molar-refractivity contribution in [2.75, 3.05) is 19.6 Å². The first-order valence-electron chi connectivity index (χ1n) is 10.3. The quantitative estimate of drug-likeness (QED) is 0.747. The number of aromatic amines is 1. The van der Waals surface area contributed by atoms with Gasteiger partial charge >= 0.3 is 0 Å². The Morgan fingerprint density at radius 2 is 2.11 bits per heavy atom. The minimum atomic E-state index is 0.668. The molecule has 5 rings (SSSR count). The number of piperidine rings is 1. The Labute approximate surface area is 160 Å². The predicted octanol–water partition coefficient (Wildman–Crippen LogP) is 2.71. The molecule has 2 aromatic heterocycles. The van der Waals surface area contributed by atoms with Gasteiger partial charge in [-0.1, -0.05) is 12.1 Å². The first-order valence-corrected chi connectivity index (χ1v) is 10.3. The van der Waals surface area contributed by atoms with Gasteiger partial charge in [-0.3, -0.25) is 9.58 Å². The van der Waals surface area contributed by atoms with Crippen molar-refractivity contribution in [1.82, 2.24) is 30.0 Å². The van der Waals surface area contributed by atoms with Gasteiger partial charge in [-0.15, -0.1) is 0 Å². The molecule has 0 aliphatic carbocycles. The van der Waals surface area contributed by atoms with Crippen molar-refractivity contribution in [2.45, 2.75) is 45.3 Å². The first kappa shape index (κ1) is 17.0. The number of para-hydroxylation sites is 2. The highest BCUT2D eigenvalue weighted by Crippen LogP contribution is 2.23. The molecule has 0 spiro atoms. The van der Waals surface area contributed by atoms with Crippen molar-refractivity contribution in [3.8, 4) is 0 Å². The summed E-state index contributed by atoms with van der Waals surface area (Å²) in [5.41, 5.74) is 4.78. The molecule has 3 aromatic rings. The van der Waals surface area contributed by atoms with E-state index >= 15 is 0 Å². The van der Waals surface area contributed by atoms with E-state index in [1.54, 1.807) is 0 Å². The average Bonchev–Trinajstić information content (AvgIpc) is 3.18. The third-order valence-electron chi connectivity index (χ3n) is 5.85. The van der Waals surface area contributed by atoms with Crippen LogP contribution < -0.4 is 5.32 Å². The third-order valence-corrected chi connectivity index (χ3v) is 5.85. The molecule has 2 aliphatic rings. The number of fused-ring (bicyclic) bond motifs is 2. The lowest BCUT2D eigenvalue weighted by Gasteiger charge is -2.31. The number of rotatable bonds is 4. The van der Waals surface area contributed by atoms with E-state index in [-0.39, 0.29) is 0 Å². The van der Waals surface area contributed by atoms with E-state index < -0.39 is 0 Å². The Balaban J connectivity index is 1.23. The molecule has 0 bridgehead atoms. The Morgan fingerprint density at radius 1 is 1.15 bits per heavy atom. The van der Waals surface area contributed by atoms with Crippen LogP contribution in [0.15, 0.2) is 30.3 Å². The van der Waals surface area contributed by atoms with Crippen LogP contribution >= 0.6 is 0 Å². The van der Waals surface area contributed by atoms with Gasteiger partial charge in [-0.25, -0.2) is 4.98 Å². The molecule has 1 fully saturated rings. The molecule has 2 aliphatic heterocycles. The summed E-state index contributed by atoms with van der Waals surface area (Å²) >= 11 is 0. The fraction of sp³-hybridized carbons (Fsp3) is 0.524. The zero-order chi connectivity index (χ0) is 18.1. The Kier molecular flexibility index (Phi) is 4.67. The van der Waals surface area contributed by atoms with Crippen LogP contribution in [0.1, 0.15) is 36.5 Å². The number of imidazole rings is 1. The number of likely N-dealkylation sites (tertiary alicyclic amines) is 1. The summed E-state index contributed by atoms with van der Waals surface area (Å²) in [5, 5.41) is 8.34. The molecule has 0 unspecified atom stereocenters. The maximum absolute atomic E-state index is 4.86. The molecule has 2 N–H and O–H groups in total. The van der Waals surface area contributed by atoms with E-state index in [2.05, 4.69) is 50.2 Å². The van der Waals surface area contributed by atoms with Gasteiger partial charge < -0.3 is 10.3 Å². The van der Waals surface area contributed by atoms with Crippen molar-refractivity contribution < 1.29 is 0 Å². The molecule has 1 saturated heterocycles. The number of nitrogens with zero attached hydrogens (tertiary/aromatic N) is 4. The Hall–Kier alpha value is -2.18. The standard InChI is InChI=1S/C21H28N6/c1-2-7-20-19(6-1)23-21(24-20)11-16-5-3-9-26(14-16)15-17-12-18-13-22-8-4-10-27(18)25-17/h1-2,6-7,12,16,22H,3-5,8-11,13-15H2,(H,23,24)/t16-/m1/s1. The third kappa shape index (κ3) is 3.77. The fourth-order valence-electron chi connectivity index (χ4n) is 4.56. The highest BCUT2D eigenvalue weighted by atomic mass is 15.3. The lowest BCUT2D eigenvalue weighted by Crippen LogP contribution is -2.36. The number of H-pyrrole nitrogens is 1. The van der Waals surface area contributed by atoms with Gasteiger partial charge in [0, 0.05) is 32.6 Å². The molecular weight excluding hydrogens is 336 g/mol. The molecular formula is C21H28N6. The summed E-state index contributed by atoms with van der Waals surface area (Å²) in [6, 6.07) is 10.6. The number of hydrogen-bond acceptors (Lipinski definition) is 4. The van der Waals surface area contributed by atoms with E-state index in [1.807, 2.05) is 0 Å². The summed E-state index contributed by atoms with van der Waals surface area (Å²) in [6.07, 6.45) is 4.75. The largest absolute Gasteiger partial charge is 0.342 e. The van der Waals surface area contributed by atoms with Crippen LogP contribution in [0, 0.1) is 5.92 Å². The van der Waals surface area contributed by atoms with Crippen molar-refractivity contribution in [3.05, 3.63) is 47.5 Å². The second-order valence-electron chi connectivity index (χ2n) is 8.03. The molecule has 1 atom stereocenters. The Morgan fingerprint density at radius 3 is 3.07 bits per heavy atom. The summed E-state index contributed by atoms with van der Waals surface area (Å²) in [5.74, 6) is 1.80. The zero-order valence-electron chi connectivity index (χ0n) is 15.8. The molecule has 0 amide bonds. The van der Waals surface area contributed by atoms with Gasteiger partial charge in [0.25, 0.3) is 0 Å². The highest BCUT2D eigenvalue weighted by molar-refractivity contribution is 5.74. The van der Waals surface area contributed by atoms with E-state index in [9.17, 15) is 0 Å². The molecule has 6 nitrogen and oxygen atoms in total. The topological polar surface area (TPSA) is 61.8 Å². The lowest BCUT2D eigenvalue weighted by atomic mass is 9.94. The smallest absolute Gasteiger partial charge is 0.107 e. The zero-order valence-corrected chi connectivity index (χ0v) is 15.8. The van der Waals surface area contributed by atoms with Crippen LogP contribution in [0.5, 0.6) is 0 Å². The van der Waals surface area contributed by atoms with E-state index in [0.29, 0.717) is 5.92 Å². The second-order valence-corrected chi connectivity index (χ2v) is 8.03. The normalized spacial score (nSPS) is 21.3. The second kappa shape index (κ2) is 7.44. The van der Waals surface area contributed by atoms with E-state index in [0.717, 1.165) is 62.4 Å². The lowest BCUT2D eigenvalue weighted by molar-refractivity contribution is 0.164. The summed E-state index contributed by atoms with van der Waals surface area (Å²) < 4.78 is 2.20. The van der Waals surface area contributed by atoms with Gasteiger partial charge in [0.2, 0.25) is 0 Å². The molecule has 1 aromatic carbocycles. The van der Waals surface area contributed by atoms with Crippen molar-refractivity contribution in [2.24, 2.45) is 5.92 Å². The van der Waals surface area contributed by atoms with Crippen LogP contribution in [-0.4, -0.2) is 44.3 Å². The van der Waals surface area contributed by atoms with Gasteiger partial charge in [0.1, 0.15) is 5.82 Å². The minimum absolute atomic E-state index is 0.668. The first-order chi connectivity index (χ1) is 13.3. The number of benzene rings is 1. The van der Waals surface area contributed by atoms with Crippen LogP contribution in [0.4, 0.5) is 0 Å². The van der Waals surface area contributed by atoms with Crippen LogP contribution in [0.25, 0.3) is 11.0 Å². The molecule has 27 heavy (non-hydrogen) atoms. The van der Waals surface area contributed by atoms with Gasteiger partial charge in [-0.05, 0) is 56.5 Å². The molecule has 142 valence electrons. The number of hydrogen-bond donors (Lipinski definition) is 2. The Bertz CT molecular complexity index is 854. The maximum Gasteiger partial charge on any atom is 0.107 e. The van der Waals surface area contributed by atoms with Crippen molar-refractivity contribution in [3.63, 3.8) is 0 Å². The average molecular weight is 364 g/mol. The predicted molar refractivity (Wildman–Crippen MR) is 106 cm³/mol. The van der Waals surface area contributed by atoms with E-state index in [4.69, 9.17) is 10.1 Å². The molecule has 6 heteroatoms. The minimum Gasteiger partial charge on any atom is -0.342 e. The molecule has 0 saturated carbocycles. The van der Waals surface area contributed by atoms with Crippen LogP contribution in [-0.2, 0) is 26.1 Å². The van der Waals surface area contributed by atoms with Crippen LogP contribution in [0.2, 0.25) is 0 Å². The fourth-order valence-corrected chi connectivity index (χ4v) is 4.56. The monoisotopic (exact) mass is 364 g/mol. The van der Waals surface area contributed by atoms with Crippen molar-refractivity contribution >= 4 is 11.0 Å². The van der Waals surface area contributed by atoms with Gasteiger partial charge in [0.15, 0.2) is 0 Å². The number of aromatic nitrogens is 4. The number of aryl methyl sites for hydroxylation is 1. The molecule has 0 radical (unpaired) electrons. The summed E-state index contributed by atoms with van der Waals surface area (Å²) in [4.78, 5) is 10.8. The van der Waals surface area contributed by atoms with Gasteiger partial charge in [0.05, 0.1) is 22.4 Å². The summed E-state index contributed by atoms with van der Waals surface area (Å²) in [7, 11) is 0. The highest BCUT2D eigenvalue weighted by Gasteiger charge is 2.22.